The van der Waals surface area contributed by atoms with Gasteiger partial charge in [-0.2, -0.15) is 0 Å². The van der Waals surface area contributed by atoms with E-state index in [2.05, 4.69) is 17.4 Å². The molecule has 0 aliphatic heterocycles. The van der Waals surface area contributed by atoms with Gasteiger partial charge in [-0.15, -0.1) is 0 Å². The summed E-state index contributed by atoms with van der Waals surface area (Å²) in [4.78, 5) is 25.8. The Kier molecular flexibility index (Phi) is 4.42. The molecule has 110 valence electrons. The molecular weight excluding hydrogens is 258 g/mol. The van der Waals surface area contributed by atoms with Crippen molar-refractivity contribution in [3.05, 3.63) is 11.8 Å². The number of carbonyl (C=O) groups excluding carboxylic acids is 2. The van der Waals surface area contributed by atoms with Gasteiger partial charge in [0.2, 0.25) is 11.8 Å². The van der Waals surface area contributed by atoms with E-state index in [9.17, 15) is 9.59 Å². The molecule has 6 heteroatoms. The Bertz CT molecular complexity index is 498. The Labute approximate surface area is 118 Å². The van der Waals surface area contributed by atoms with Crippen molar-refractivity contribution in [1.82, 2.24) is 10.1 Å². The number of nitrogens with one attached hydrogen (secondary N) is 1. The number of nitrogens with zero attached hydrogens (tertiary/aromatic N) is 2. The fourth-order valence-corrected chi connectivity index (χ4v) is 2.19. The van der Waals surface area contributed by atoms with Gasteiger partial charge >= 0.3 is 0 Å². The summed E-state index contributed by atoms with van der Waals surface area (Å²) < 4.78 is 4.88. The molecule has 2 amide bonds. The van der Waals surface area contributed by atoms with Gasteiger partial charge in [0.1, 0.15) is 5.76 Å². The highest BCUT2D eigenvalue weighted by Gasteiger charge is 2.49. The Morgan fingerprint density at radius 2 is 2.25 bits per heavy atom. The Morgan fingerprint density at radius 3 is 2.85 bits per heavy atom. The van der Waals surface area contributed by atoms with Crippen LogP contribution in [-0.2, 0) is 9.59 Å². The molecule has 1 aliphatic rings. The first kappa shape index (κ1) is 14.6. The lowest BCUT2D eigenvalue weighted by molar-refractivity contribution is -0.132. The molecule has 0 bridgehead atoms. The van der Waals surface area contributed by atoms with Crippen molar-refractivity contribution in [2.45, 2.75) is 33.1 Å². The largest absolute Gasteiger partial charge is 0.360 e. The first-order chi connectivity index (χ1) is 9.52. The fraction of sp³-hybridized carbons (Fsp3) is 0.643. The van der Waals surface area contributed by atoms with E-state index >= 15 is 0 Å². The van der Waals surface area contributed by atoms with E-state index in [1.165, 1.54) is 0 Å². The summed E-state index contributed by atoms with van der Waals surface area (Å²) in [6.07, 6.45) is 2.67. The van der Waals surface area contributed by atoms with Crippen molar-refractivity contribution in [2.75, 3.05) is 18.9 Å². The maximum Gasteiger partial charge on any atom is 0.229 e. The summed E-state index contributed by atoms with van der Waals surface area (Å²) in [5.74, 6) is 0.553. The average molecular weight is 279 g/mol. The van der Waals surface area contributed by atoms with Crippen molar-refractivity contribution < 1.29 is 14.1 Å². The summed E-state index contributed by atoms with van der Waals surface area (Å²) in [7, 11) is 1.80. The number of aromatic nitrogens is 1. The predicted molar refractivity (Wildman–Crippen MR) is 74.0 cm³/mol. The molecule has 1 heterocycles. The third-order valence-electron chi connectivity index (χ3n) is 3.55. The molecule has 0 aromatic carbocycles. The van der Waals surface area contributed by atoms with E-state index in [4.69, 9.17) is 4.52 Å². The van der Waals surface area contributed by atoms with Crippen LogP contribution in [0, 0.1) is 18.8 Å². The van der Waals surface area contributed by atoms with Crippen LogP contribution >= 0.6 is 0 Å². The molecule has 1 aromatic rings. The summed E-state index contributed by atoms with van der Waals surface area (Å²) >= 11 is 0. The first-order valence-electron chi connectivity index (χ1n) is 7.02. The molecule has 0 radical (unpaired) electrons. The lowest BCUT2D eigenvalue weighted by Gasteiger charge is -2.16. The monoisotopic (exact) mass is 279 g/mol. The Balaban J connectivity index is 1.81. The van der Waals surface area contributed by atoms with E-state index < -0.39 is 0 Å². The normalized spacial score (nSPS) is 20.6. The van der Waals surface area contributed by atoms with E-state index in [0.717, 1.165) is 19.4 Å². The lowest BCUT2D eigenvalue weighted by atomic mass is 10.2. The van der Waals surface area contributed by atoms with Gasteiger partial charge in [0.05, 0.1) is 11.8 Å². The molecule has 2 rings (SSSR count). The van der Waals surface area contributed by atoms with Crippen LogP contribution in [0.4, 0.5) is 5.82 Å². The zero-order valence-corrected chi connectivity index (χ0v) is 12.2. The highest BCUT2D eigenvalue weighted by atomic mass is 16.5. The van der Waals surface area contributed by atoms with E-state index in [1.807, 2.05) is 0 Å². The van der Waals surface area contributed by atoms with Crippen LogP contribution in [0.2, 0.25) is 0 Å². The molecule has 20 heavy (non-hydrogen) atoms. The minimum absolute atomic E-state index is 0.0648. The number of anilines is 1. The number of amides is 2. The minimum Gasteiger partial charge on any atom is -0.360 e. The zero-order chi connectivity index (χ0) is 14.7. The summed E-state index contributed by atoms with van der Waals surface area (Å²) in [5, 5.41) is 6.39. The van der Waals surface area contributed by atoms with E-state index in [0.29, 0.717) is 18.0 Å². The quantitative estimate of drug-likeness (QED) is 0.861. The predicted octanol–water partition coefficient (Wildman–Crippen LogP) is 1.82. The molecule has 1 aliphatic carbocycles. The van der Waals surface area contributed by atoms with Crippen LogP contribution in [0.25, 0.3) is 0 Å². The Morgan fingerprint density at radius 1 is 1.50 bits per heavy atom. The van der Waals surface area contributed by atoms with E-state index in [1.54, 1.807) is 24.9 Å². The molecule has 1 aromatic heterocycles. The van der Waals surface area contributed by atoms with Gasteiger partial charge in [-0.1, -0.05) is 18.5 Å². The molecule has 6 nitrogen and oxygen atoms in total. The summed E-state index contributed by atoms with van der Waals surface area (Å²) in [5.41, 5.74) is 0. The van der Waals surface area contributed by atoms with Gasteiger partial charge < -0.3 is 14.7 Å². The SMILES string of the molecule is CCCCN(C)C(=O)C1CC1C(=O)Nc1cc(C)on1. The molecule has 1 fully saturated rings. The maximum atomic E-state index is 12.1. The third kappa shape index (κ3) is 3.37. The fourth-order valence-electron chi connectivity index (χ4n) is 2.19. The van der Waals surface area contributed by atoms with Crippen LogP contribution in [-0.4, -0.2) is 35.5 Å². The second-order valence-corrected chi connectivity index (χ2v) is 5.37. The number of aryl methyl sites for hydroxylation is 1. The van der Waals surface area contributed by atoms with Gasteiger partial charge in [-0.25, -0.2) is 0 Å². The third-order valence-corrected chi connectivity index (χ3v) is 3.55. The molecule has 2 atom stereocenters. The number of rotatable bonds is 6. The average Bonchev–Trinajstić information content (AvgIpc) is 3.13. The van der Waals surface area contributed by atoms with Crippen molar-refractivity contribution in [3.8, 4) is 0 Å². The Hall–Kier alpha value is -1.85. The second kappa shape index (κ2) is 6.07. The molecule has 2 unspecified atom stereocenters. The van der Waals surface area contributed by atoms with Crippen LogP contribution in [0.5, 0.6) is 0 Å². The van der Waals surface area contributed by atoms with Crippen LogP contribution in [0.15, 0.2) is 10.6 Å². The van der Waals surface area contributed by atoms with Crippen molar-refractivity contribution >= 4 is 17.6 Å². The van der Waals surface area contributed by atoms with Crippen molar-refractivity contribution in [2.24, 2.45) is 11.8 Å². The molecule has 0 spiro atoms. The highest BCUT2D eigenvalue weighted by molar-refractivity contribution is 5.98. The van der Waals surface area contributed by atoms with Gasteiger partial charge in [0.25, 0.3) is 0 Å². The second-order valence-electron chi connectivity index (χ2n) is 5.37. The molecule has 1 N–H and O–H groups in total. The van der Waals surface area contributed by atoms with Gasteiger partial charge in [0.15, 0.2) is 5.82 Å². The standard InChI is InChI=1S/C14H21N3O3/c1-4-5-6-17(3)14(19)11-8-10(11)13(18)15-12-7-9(2)20-16-12/h7,10-11H,4-6,8H2,1-3H3,(H,15,16,18). The molecular formula is C14H21N3O3. The zero-order valence-electron chi connectivity index (χ0n) is 12.2. The van der Waals surface area contributed by atoms with Gasteiger partial charge in [-0.3, -0.25) is 9.59 Å². The summed E-state index contributed by atoms with van der Waals surface area (Å²) in [6, 6.07) is 1.66. The highest BCUT2D eigenvalue weighted by Crippen LogP contribution is 2.40. The molecule has 0 saturated heterocycles. The number of unbranched alkanes of at least 4 members (excludes halogenated alkanes) is 1. The maximum absolute atomic E-state index is 12.1. The summed E-state index contributed by atoms with van der Waals surface area (Å²) in [6.45, 7) is 4.60. The van der Waals surface area contributed by atoms with Crippen LogP contribution in [0.3, 0.4) is 0 Å². The topological polar surface area (TPSA) is 75.4 Å². The van der Waals surface area contributed by atoms with Gasteiger partial charge in [0, 0.05) is 19.7 Å². The number of hydrogen-bond donors (Lipinski definition) is 1. The van der Waals surface area contributed by atoms with Crippen molar-refractivity contribution in [1.29, 1.82) is 0 Å². The number of carbonyl (C=O) groups is 2. The van der Waals surface area contributed by atoms with Gasteiger partial charge in [-0.05, 0) is 19.8 Å². The van der Waals surface area contributed by atoms with E-state index in [-0.39, 0.29) is 23.7 Å². The van der Waals surface area contributed by atoms with Crippen LogP contribution < -0.4 is 5.32 Å². The van der Waals surface area contributed by atoms with Crippen LogP contribution in [0.1, 0.15) is 31.9 Å². The minimum atomic E-state index is -0.233. The first-order valence-corrected chi connectivity index (χ1v) is 7.02. The molecule has 1 saturated carbocycles. The smallest absolute Gasteiger partial charge is 0.229 e. The lowest BCUT2D eigenvalue weighted by Crippen LogP contribution is -2.30. The van der Waals surface area contributed by atoms with Crippen molar-refractivity contribution in [3.63, 3.8) is 0 Å². The number of hydrogen-bond acceptors (Lipinski definition) is 4.